The predicted octanol–water partition coefficient (Wildman–Crippen LogP) is 1.49. The lowest BCUT2D eigenvalue weighted by atomic mass is 9.84. The Labute approximate surface area is 118 Å². The van der Waals surface area contributed by atoms with Crippen LogP contribution in [0.4, 0.5) is 5.69 Å². The molecule has 0 radical (unpaired) electrons. The predicted molar refractivity (Wildman–Crippen MR) is 75.1 cm³/mol. The molecule has 1 N–H and O–H groups in total. The molecule has 2 heterocycles. The van der Waals surface area contributed by atoms with Gasteiger partial charge in [0.15, 0.2) is 0 Å². The summed E-state index contributed by atoms with van der Waals surface area (Å²) < 4.78 is 0. The van der Waals surface area contributed by atoms with Crippen LogP contribution in [-0.2, 0) is 9.59 Å². The molecular weight excluding hydrogens is 254 g/mol. The standard InChI is InChI=1S/C15H19N3O2/c19-14(11-4-1-5-11)17-13-7-3-9-18(15(13)20)12-6-2-8-16-10-12/h2,6,8,10-11,13H,1,3-5,7,9H2,(H,17,19)/t13-/m1/s1. The first-order valence-corrected chi connectivity index (χ1v) is 7.27. The zero-order valence-electron chi connectivity index (χ0n) is 11.4. The highest BCUT2D eigenvalue weighted by atomic mass is 16.2. The molecule has 2 fully saturated rings. The van der Waals surface area contributed by atoms with E-state index in [1.165, 1.54) is 0 Å². The minimum Gasteiger partial charge on any atom is -0.344 e. The van der Waals surface area contributed by atoms with Crippen LogP contribution in [-0.4, -0.2) is 29.4 Å². The van der Waals surface area contributed by atoms with Crippen LogP contribution in [0.25, 0.3) is 0 Å². The van der Waals surface area contributed by atoms with Crippen molar-refractivity contribution in [2.24, 2.45) is 5.92 Å². The van der Waals surface area contributed by atoms with E-state index < -0.39 is 0 Å². The van der Waals surface area contributed by atoms with E-state index in [2.05, 4.69) is 10.3 Å². The minimum absolute atomic E-state index is 0.0167. The van der Waals surface area contributed by atoms with Crippen molar-refractivity contribution in [1.29, 1.82) is 0 Å². The molecule has 0 spiro atoms. The zero-order valence-corrected chi connectivity index (χ0v) is 11.4. The molecule has 20 heavy (non-hydrogen) atoms. The summed E-state index contributed by atoms with van der Waals surface area (Å²) in [7, 11) is 0. The van der Waals surface area contributed by atoms with E-state index in [0.29, 0.717) is 6.54 Å². The third-order valence-corrected chi connectivity index (χ3v) is 4.19. The number of rotatable bonds is 3. The summed E-state index contributed by atoms with van der Waals surface area (Å²) >= 11 is 0. The summed E-state index contributed by atoms with van der Waals surface area (Å²) in [6, 6.07) is 3.32. The normalized spacial score (nSPS) is 23.3. The highest BCUT2D eigenvalue weighted by Crippen LogP contribution is 2.27. The minimum atomic E-state index is -0.378. The van der Waals surface area contributed by atoms with Crippen LogP contribution >= 0.6 is 0 Å². The second-order valence-corrected chi connectivity index (χ2v) is 5.53. The number of carbonyl (C=O) groups excluding carboxylic acids is 2. The molecule has 5 heteroatoms. The topological polar surface area (TPSA) is 62.3 Å². The van der Waals surface area contributed by atoms with Crippen molar-refractivity contribution in [1.82, 2.24) is 10.3 Å². The molecule has 0 aromatic carbocycles. The van der Waals surface area contributed by atoms with Crippen LogP contribution in [0.15, 0.2) is 24.5 Å². The fourth-order valence-corrected chi connectivity index (χ4v) is 2.74. The first-order valence-electron chi connectivity index (χ1n) is 7.27. The number of amides is 2. The van der Waals surface area contributed by atoms with E-state index in [-0.39, 0.29) is 23.8 Å². The fraction of sp³-hybridized carbons (Fsp3) is 0.533. The Hall–Kier alpha value is -1.91. The number of carbonyl (C=O) groups is 2. The van der Waals surface area contributed by atoms with Gasteiger partial charge in [0.1, 0.15) is 6.04 Å². The second-order valence-electron chi connectivity index (χ2n) is 5.53. The molecule has 1 atom stereocenters. The Balaban J connectivity index is 1.67. The zero-order chi connectivity index (χ0) is 13.9. The monoisotopic (exact) mass is 273 g/mol. The Morgan fingerprint density at radius 1 is 1.30 bits per heavy atom. The molecule has 106 valence electrons. The van der Waals surface area contributed by atoms with Crippen LogP contribution < -0.4 is 10.2 Å². The molecule has 1 aliphatic heterocycles. The third-order valence-electron chi connectivity index (χ3n) is 4.19. The Bertz CT molecular complexity index is 499. The van der Waals surface area contributed by atoms with Gasteiger partial charge in [-0.25, -0.2) is 0 Å². The molecule has 1 saturated heterocycles. The lowest BCUT2D eigenvalue weighted by molar-refractivity contribution is -0.132. The summed E-state index contributed by atoms with van der Waals surface area (Å²) in [5, 5.41) is 2.92. The van der Waals surface area contributed by atoms with Crippen LogP contribution in [0.5, 0.6) is 0 Å². The van der Waals surface area contributed by atoms with E-state index in [1.807, 2.05) is 12.1 Å². The van der Waals surface area contributed by atoms with Crippen molar-refractivity contribution < 1.29 is 9.59 Å². The average molecular weight is 273 g/mol. The second kappa shape index (κ2) is 5.61. The lowest BCUT2D eigenvalue weighted by Gasteiger charge is -2.34. The molecule has 1 aromatic rings. The molecule has 1 saturated carbocycles. The summed E-state index contributed by atoms with van der Waals surface area (Å²) in [5.74, 6) is 0.149. The Kier molecular flexibility index (Phi) is 3.67. The first kappa shape index (κ1) is 13.1. The molecule has 0 bridgehead atoms. The smallest absolute Gasteiger partial charge is 0.249 e. The fourth-order valence-electron chi connectivity index (χ4n) is 2.74. The van der Waals surface area contributed by atoms with E-state index in [0.717, 1.165) is 37.8 Å². The highest BCUT2D eigenvalue weighted by Gasteiger charge is 2.33. The van der Waals surface area contributed by atoms with Crippen molar-refractivity contribution in [3.8, 4) is 0 Å². The summed E-state index contributed by atoms with van der Waals surface area (Å²) in [4.78, 5) is 30.2. The number of nitrogens with zero attached hydrogens (tertiary/aromatic N) is 2. The maximum absolute atomic E-state index is 12.5. The van der Waals surface area contributed by atoms with Gasteiger partial charge in [-0.05, 0) is 37.8 Å². The molecule has 2 amide bonds. The molecular formula is C15H19N3O2. The number of hydrogen-bond donors (Lipinski definition) is 1. The molecule has 2 aliphatic rings. The Morgan fingerprint density at radius 2 is 2.15 bits per heavy atom. The van der Waals surface area contributed by atoms with Crippen molar-refractivity contribution in [2.45, 2.75) is 38.1 Å². The summed E-state index contributed by atoms with van der Waals surface area (Å²) in [6.07, 6.45) is 8.04. The van der Waals surface area contributed by atoms with Gasteiger partial charge in [-0.2, -0.15) is 0 Å². The average Bonchev–Trinajstić information content (AvgIpc) is 2.40. The van der Waals surface area contributed by atoms with Gasteiger partial charge in [0.2, 0.25) is 11.8 Å². The number of piperidine rings is 1. The maximum atomic E-state index is 12.5. The Morgan fingerprint density at radius 3 is 2.80 bits per heavy atom. The van der Waals surface area contributed by atoms with E-state index in [4.69, 9.17) is 0 Å². The van der Waals surface area contributed by atoms with Crippen LogP contribution in [0.2, 0.25) is 0 Å². The number of pyridine rings is 1. The quantitative estimate of drug-likeness (QED) is 0.907. The van der Waals surface area contributed by atoms with Crippen LogP contribution in [0.3, 0.4) is 0 Å². The van der Waals surface area contributed by atoms with Crippen LogP contribution in [0.1, 0.15) is 32.1 Å². The number of anilines is 1. The van der Waals surface area contributed by atoms with Gasteiger partial charge in [0.25, 0.3) is 0 Å². The van der Waals surface area contributed by atoms with Gasteiger partial charge in [0.05, 0.1) is 11.9 Å². The van der Waals surface area contributed by atoms with Crippen molar-refractivity contribution >= 4 is 17.5 Å². The highest BCUT2D eigenvalue weighted by molar-refractivity contribution is 6.00. The van der Waals surface area contributed by atoms with Gasteiger partial charge in [-0.15, -0.1) is 0 Å². The largest absolute Gasteiger partial charge is 0.344 e. The van der Waals surface area contributed by atoms with E-state index in [1.54, 1.807) is 17.3 Å². The SMILES string of the molecule is O=C(N[C@@H]1CCCN(c2cccnc2)C1=O)C1CCC1. The molecule has 0 unspecified atom stereocenters. The van der Waals surface area contributed by atoms with E-state index in [9.17, 15) is 9.59 Å². The van der Waals surface area contributed by atoms with Gasteiger partial charge in [-0.3, -0.25) is 14.6 Å². The third kappa shape index (κ3) is 2.53. The van der Waals surface area contributed by atoms with Gasteiger partial charge >= 0.3 is 0 Å². The van der Waals surface area contributed by atoms with Crippen LogP contribution in [0, 0.1) is 5.92 Å². The summed E-state index contributed by atoms with van der Waals surface area (Å²) in [5.41, 5.74) is 0.806. The molecule has 5 nitrogen and oxygen atoms in total. The number of nitrogens with one attached hydrogen (secondary N) is 1. The van der Waals surface area contributed by atoms with Crippen molar-refractivity contribution in [3.05, 3.63) is 24.5 Å². The number of hydrogen-bond acceptors (Lipinski definition) is 3. The van der Waals surface area contributed by atoms with E-state index >= 15 is 0 Å². The van der Waals surface area contributed by atoms with Gasteiger partial charge < -0.3 is 10.2 Å². The number of aromatic nitrogens is 1. The maximum Gasteiger partial charge on any atom is 0.249 e. The summed E-state index contributed by atoms with van der Waals surface area (Å²) in [6.45, 7) is 0.695. The first-order chi connectivity index (χ1) is 9.75. The molecule has 3 rings (SSSR count). The molecule has 1 aliphatic carbocycles. The van der Waals surface area contributed by atoms with Crippen molar-refractivity contribution in [3.63, 3.8) is 0 Å². The van der Waals surface area contributed by atoms with Gasteiger partial charge in [0, 0.05) is 18.7 Å². The molecule has 1 aromatic heterocycles. The van der Waals surface area contributed by atoms with Crippen molar-refractivity contribution in [2.75, 3.05) is 11.4 Å². The van der Waals surface area contributed by atoms with Gasteiger partial charge in [-0.1, -0.05) is 6.42 Å². The lowest BCUT2D eigenvalue weighted by Crippen LogP contribution is -2.54.